The molecule has 0 spiro atoms. The van der Waals surface area contributed by atoms with Crippen molar-refractivity contribution in [1.82, 2.24) is 9.97 Å². The Balaban J connectivity index is 2.10. The molecule has 0 bridgehead atoms. The Bertz CT molecular complexity index is 1160. The number of rotatable bonds is 1. The van der Waals surface area contributed by atoms with E-state index in [1.165, 1.54) is 12.3 Å². The molecule has 2 heterocycles. The number of halogens is 3. The lowest BCUT2D eigenvalue weighted by atomic mass is 9.97. The molecular weight excluding hydrogens is 329 g/mol. The SMILES string of the molecule is O=c1[nH]c2nccc(-c3cccc(C(F)(F)F)c3)c2c2ccccc12. The number of fused-ring (bicyclic) bond motifs is 3. The van der Waals surface area contributed by atoms with Gasteiger partial charge in [0.2, 0.25) is 0 Å². The summed E-state index contributed by atoms with van der Waals surface area (Å²) in [7, 11) is 0. The zero-order valence-corrected chi connectivity index (χ0v) is 12.8. The number of hydrogen-bond acceptors (Lipinski definition) is 2. The maximum Gasteiger partial charge on any atom is 0.416 e. The van der Waals surface area contributed by atoms with Crippen LogP contribution in [0.3, 0.4) is 0 Å². The molecule has 0 radical (unpaired) electrons. The third-order valence-electron chi connectivity index (χ3n) is 4.12. The van der Waals surface area contributed by atoms with Gasteiger partial charge in [-0.15, -0.1) is 0 Å². The van der Waals surface area contributed by atoms with Gasteiger partial charge in [-0.05, 0) is 40.8 Å². The Hall–Kier alpha value is -3.15. The summed E-state index contributed by atoms with van der Waals surface area (Å²) < 4.78 is 39.1. The highest BCUT2D eigenvalue weighted by Crippen LogP contribution is 2.35. The third-order valence-corrected chi connectivity index (χ3v) is 4.12. The Morgan fingerprint density at radius 3 is 2.44 bits per heavy atom. The summed E-state index contributed by atoms with van der Waals surface area (Å²) in [5.74, 6) is 0. The topological polar surface area (TPSA) is 45.8 Å². The minimum absolute atomic E-state index is 0.281. The van der Waals surface area contributed by atoms with Crippen LogP contribution >= 0.6 is 0 Å². The van der Waals surface area contributed by atoms with Gasteiger partial charge in [-0.3, -0.25) is 4.79 Å². The maximum absolute atomic E-state index is 13.0. The first-order valence-corrected chi connectivity index (χ1v) is 7.52. The van der Waals surface area contributed by atoms with E-state index in [0.717, 1.165) is 12.1 Å². The third kappa shape index (κ3) is 2.55. The van der Waals surface area contributed by atoms with E-state index in [4.69, 9.17) is 0 Å². The predicted molar refractivity (Wildman–Crippen MR) is 90.3 cm³/mol. The molecule has 0 fully saturated rings. The molecule has 0 unspecified atom stereocenters. The second-order valence-electron chi connectivity index (χ2n) is 5.66. The standard InChI is InChI=1S/C19H11F3N2O/c20-19(21,22)12-5-3-4-11(10-12)13-8-9-23-17-16(13)14-6-1-2-7-15(14)18(25)24-17/h1-10H,(H,23,24,25). The molecule has 0 aliphatic carbocycles. The first kappa shape index (κ1) is 15.4. The summed E-state index contributed by atoms with van der Waals surface area (Å²) in [6, 6.07) is 13.8. The van der Waals surface area contributed by atoms with Crippen LogP contribution < -0.4 is 5.56 Å². The molecule has 4 rings (SSSR count). The van der Waals surface area contributed by atoms with E-state index in [2.05, 4.69) is 9.97 Å². The highest BCUT2D eigenvalue weighted by atomic mass is 19.4. The van der Waals surface area contributed by atoms with Crippen LogP contribution in [0.2, 0.25) is 0 Å². The van der Waals surface area contributed by atoms with E-state index >= 15 is 0 Å². The van der Waals surface area contributed by atoms with E-state index in [9.17, 15) is 18.0 Å². The molecular formula is C19H11F3N2O. The van der Waals surface area contributed by atoms with Crippen LogP contribution in [0.1, 0.15) is 5.56 Å². The van der Waals surface area contributed by atoms with Gasteiger partial charge in [0.15, 0.2) is 0 Å². The summed E-state index contributed by atoms with van der Waals surface area (Å²) in [6.45, 7) is 0. The Morgan fingerprint density at radius 1 is 0.920 bits per heavy atom. The summed E-state index contributed by atoms with van der Waals surface area (Å²) in [6.07, 6.45) is -2.95. The van der Waals surface area contributed by atoms with Gasteiger partial charge in [0.1, 0.15) is 5.65 Å². The molecule has 0 amide bonds. The monoisotopic (exact) mass is 340 g/mol. The van der Waals surface area contributed by atoms with Gasteiger partial charge in [-0.1, -0.05) is 30.3 Å². The summed E-state index contributed by atoms with van der Waals surface area (Å²) in [5.41, 5.74) is 0.349. The van der Waals surface area contributed by atoms with Crippen LogP contribution in [-0.2, 0) is 6.18 Å². The number of pyridine rings is 2. The number of nitrogens with zero attached hydrogens (tertiary/aromatic N) is 1. The van der Waals surface area contributed by atoms with E-state index in [0.29, 0.717) is 32.9 Å². The molecule has 3 nitrogen and oxygen atoms in total. The fourth-order valence-corrected chi connectivity index (χ4v) is 3.01. The highest BCUT2D eigenvalue weighted by Gasteiger charge is 2.30. The minimum atomic E-state index is -4.42. The minimum Gasteiger partial charge on any atom is -0.306 e. The molecule has 6 heteroatoms. The number of benzene rings is 2. The van der Waals surface area contributed by atoms with Crippen molar-refractivity contribution >= 4 is 21.8 Å². The van der Waals surface area contributed by atoms with Crippen molar-refractivity contribution in [2.24, 2.45) is 0 Å². The number of aromatic nitrogens is 2. The van der Waals surface area contributed by atoms with Gasteiger partial charge in [-0.2, -0.15) is 13.2 Å². The quantitative estimate of drug-likeness (QED) is 0.508. The molecule has 0 atom stereocenters. The van der Waals surface area contributed by atoms with E-state index in [1.54, 1.807) is 36.4 Å². The van der Waals surface area contributed by atoms with Crippen LogP contribution in [0.4, 0.5) is 13.2 Å². The average molecular weight is 340 g/mol. The van der Waals surface area contributed by atoms with Crippen molar-refractivity contribution in [3.8, 4) is 11.1 Å². The van der Waals surface area contributed by atoms with Crippen LogP contribution in [0.5, 0.6) is 0 Å². The van der Waals surface area contributed by atoms with Crippen LogP contribution in [0, 0.1) is 0 Å². The van der Waals surface area contributed by atoms with Crippen molar-refractivity contribution in [1.29, 1.82) is 0 Å². The number of alkyl halides is 3. The lowest BCUT2D eigenvalue weighted by Crippen LogP contribution is -2.08. The maximum atomic E-state index is 13.0. The van der Waals surface area contributed by atoms with E-state index in [-0.39, 0.29) is 5.56 Å². The first-order valence-electron chi connectivity index (χ1n) is 7.52. The Kier molecular flexibility index (Phi) is 3.35. The molecule has 124 valence electrons. The highest BCUT2D eigenvalue weighted by molar-refractivity contribution is 6.11. The largest absolute Gasteiger partial charge is 0.416 e. The molecule has 0 aliphatic heterocycles. The predicted octanol–water partition coefficient (Wildman–Crippen LogP) is 4.76. The van der Waals surface area contributed by atoms with Gasteiger partial charge in [-0.25, -0.2) is 4.98 Å². The Labute approximate surface area is 139 Å². The van der Waals surface area contributed by atoms with Crippen LogP contribution in [0.25, 0.3) is 32.9 Å². The molecule has 0 saturated heterocycles. The first-order chi connectivity index (χ1) is 11.9. The fourth-order valence-electron chi connectivity index (χ4n) is 3.01. The molecule has 4 aromatic rings. The molecule has 0 saturated carbocycles. The molecule has 2 aromatic heterocycles. The van der Waals surface area contributed by atoms with Crippen molar-refractivity contribution in [2.75, 3.05) is 0 Å². The van der Waals surface area contributed by atoms with Crippen LogP contribution in [0.15, 0.2) is 65.6 Å². The van der Waals surface area contributed by atoms with Crippen molar-refractivity contribution in [2.45, 2.75) is 6.18 Å². The lowest BCUT2D eigenvalue weighted by molar-refractivity contribution is -0.137. The second kappa shape index (κ2) is 5.44. The number of hydrogen-bond donors (Lipinski definition) is 1. The van der Waals surface area contributed by atoms with Gasteiger partial charge in [0.05, 0.1) is 5.56 Å². The summed E-state index contributed by atoms with van der Waals surface area (Å²) in [4.78, 5) is 19.1. The Morgan fingerprint density at radius 2 is 1.68 bits per heavy atom. The lowest BCUT2D eigenvalue weighted by Gasteiger charge is -2.12. The molecule has 1 N–H and O–H groups in total. The number of nitrogens with one attached hydrogen (secondary N) is 1. The van der Waals surface area contributed by atoms with Gasteiger partial charge in [0, 0.05) is 17.0 Å². The fraction of sp³-hybridized carbons (Fsp3) is 0.0526. The van der Waals surface area contributed by atoms with Gasteiger partial charge >= 0.3 is 6.18 Å². The zero-order valence-electron chi connectivity index (χ0n) is 12.8. The van der Waals surface area contributed by atoms with Crippen molar-refractivity contribution < 1.29 is 13.2 Å². The normalized spacial score (nSPS) is 12.0. The van der Waals surface area contributed by atoms with E-state index in [1.807, 2.05) is 0 Å². The van der Waals surface area contributed by atoms with Gasteiger partial charge < -0.3 is 4.98 Å². The van der Waals surface area contributed by atoms with Gasteiger partial charge in [0.25, 0.3) is 5.56 Å². The molecule has 25 heavy (non-hydrogen) atoms. The summed E-state index contributed by atoms with van der Waals surface area (Å²) >= 11 is 0. The second-order valence-corrected chi connectivity index (χ2v) is 5.66. The average Bonchev–Trinajstić information content (AvgIpc) is 2.61. The number of aromatic amines is 1. The molecule has 2 aromatic carbocycles. The van der Waals surface area contributed by atoms with Crippen LogP contribution in [-0.4, -0.2) is 9.97 Å². The summed E-state index contributed by atoms with van der Waals surface area (Å²) in [5, 5.41) is 1.75. The number of H-pyrrole nitrogens is 1. The van der Waals surface area contributed by atoms with E-state index < -0.39 is 11.7 Å². The molecule has 0 aliphatic rings. The van der Waals surface area contributed by atoms with Crippen molar-refractivity contribution in [3.63, 3.8) is 0 Å². The smallest absolute Gasteiger partial charge is 0.306 e. The van der Waals surface area contributed by atoms with Crippen molar-refractivity contribution in [3.05, 3.63) is 76.7 Å². The zero-order chi connectivity index (χ0) is 17.6.